The van der Waals surface area contributed by atoms with Crippen LogP contribution in [0.2, 0.25) is 0 Å². The van der Waals surface area contributed by atoms with Gasteiger partial charge in [0.25, 0.3) is 0 Å². The van der Waals surface area contributed by atoms with Crippen LogP contribution < -0.4 is 10.5 Å². The molecular weight excluding hydrogens is 298 g/mol. The van der Waals surface area contributed by atoms with E-state index < -0.39 is 5.54 Å². The molecule has 3 nitrogen and oxygen atoms in total. The second-order valence-electron chi connectivity index (χ2n) is 6.39. The summed E-state index contributed by atoms with van der Waals surface area (Å²) in [4.78, 5) is 0. The summed E-state index contributed by atoms with van der Waals surface area (Å²) in [5.74, 6) is 0.970. The van der Waals surface area contributed by atoms with Gasteiger partial charge >= 0.3 is 0 Å². The number of rotatable bonds is 8. The van der Waals surface area contributed by atoms with E-state index in [1.165, 1.54) is 36.8 Å². The molecule has 1 atom stereocenters. The van der Waals surface area contributed by atoms with Gasteiger partial charge in [-0.15, -0.1) is 12.4 Å². The van der Waals surface area contributed by atoms with Crippen LogP contribution in [0.3, 0.4) is 0 Å². The number of aliphatic hydroxyl groups is 1. The predicted molar refractivity (Wildman–Crippen MR) is 94.0 cm³/mol. The topological polar surface area (TPSA) is 55.5 Å². The van der Waals surface area contributed by atoms with Crippen LogP contribution in [0.15, 0.2) is 18.2 Å². The third kappa shape index (κ3) is 5.45. The quantitative estimate of drug-likeness (QED) is 0.717. The lowest BCUT2D eigenvalue weighted by Crippen LogP contribution is -2.48. The average molecular weight is 328 g/mol. The summed E-state index contributed by atoms with van der Waals surface area (Å²) in [6.07, 6.45) is 8.84. The Morgan fingerprint density at radius 2 is 1.95 bits per heavy atom. The minimum absolute atomic E-state index is 0. The highest BCUT2D eigenvalue weighted by atomic mass is 35.5. The number of nitrogens with two attached hydrogens (primary N) is 1. The van der Waals surface area contributed by atoms with Crippen LogP contribution in [0, 0.1) is 0 Å². The van der Waals surface area contributed by atoms with Crippen molar-refractivity contribution in [2.24, 2.45) is 5.73 Å². The molecular formula is C18H30ClNO2. The van der Waals surface area contributed by atoms with E-state index in [0.717, 1.165) is 38.0 Å². The summed E-state index contributed by atoms with van der Waals surface area (Å²) in [6.45, 7) is 3.10. The van der Waals surface area contributed by atoms with E-state index in [-0.39, 0.29) is 19.0 Å². The fraction of sp³-hybridized carbons (Fsp3) is 0.667. The highest BCUT2D eigenvalue weighted by Gasteiger charge is 2.29. The van der Waals surface area contributed by atoms with Gasteiger partial charge in [-0.1, -0.05) is 38.7 Å². The van der Waals surface area contributed by atoms with E-state index in [4.69, 9.17) is 10.5 Å². The minimum atomic E-state index is -0.436. The molecule has 0 heterocycles. The van der Waals surface area contributed by atoms with E-state index in [0.29, 0.717) is 0 Å². The molecule has 1 unspecified atom stereocenters. The lowest BCUT2D eigenvalue weighted by atomic mass is 9.79. The van der Waals surface area contributed by atoms with Gasteiger partial charge in [0.2, 0.25) is 0 Å². The Labute approximate surface area is 140 Å². The first-order chi connectivity index (χ1) is 10.2. The zero-order valence-corrected chi connectivity index (χ0v) is 14.5. The van der Waals surface area contributed by atoms with Crippen molar-refractivity contribution in [3.63, 3.8) is 0 Å². The second-order valence-corrected chi connectivity index (χ2v) is 6.39. The normalized spacial score (nSPS) is 20.1. The molecule has 2 rings (SSSR count). The smallest absolute Gasteiger partial charge is 0.119 e. The number of halogens is 1. The van der Waals surface area contributed by atoms with Gasteiger partial charge in [-0.3, -0.25) is 0 Å². The number of unbranched alkanes of at least 4 members (excludes halogenated alkanes) is 4. The van der Waals surface area contributed by atoms with Crippen molar-refractivity contribution >= 4 is 12.4 Å². The highest BCUT2D eigenvalue weighted by molar-refractivity contribution is 5.85. The molecule has 1 aliphatic carbocycles. The van der Waals surface area contributed by atoms with Gasteiger partial charge in [0.1, 0.15) is 5.75 Å². The monoisotopic (exact) mass is 327 g/mol. The van der Waals surface area contributed by atoms with Crippen LogP contribution >= 0.6 is 12.4 Å². The van der Waals surface area contributed by atoms with Crippen LogP contribution in [0.4, 0.5) is 0 Å². The Bertz CT molecular complexity index is 453. The molecule has 1 aromatic carbocycles. The molecule has 0 aliphatic heterocycles. The zero-order valence-electron chi connectivity index (χ0n) is 13.6. The molecule has 0 saturated carbocycles. The maximum absolute atomic E-state index is 9.39. The average Bonchev–Trinajstić information content (AvgIpc) is 2.51. The SMILES string of the molecule is CCCCCCCOc1ccc2c(c1)CCC(N)(CO)C2.Cl. The van der Waals surface area contributed by atoms with Crippen molar-refractivity contribution in [3.8, 4) is 5.75 Å². The van der Waals surface area contributed by atoms with Crippen molar-refractivity contribution in [1.29, 1.82) is 0 Å². The standard InChI is InChI=1S/C18H29NO2.ClH/c1-2-3-4-5-6-11-21-17-8-7-16-13-18(19,14-20)10-9-15(16)12-17;/h7-8,12,20H,2-6,9-11,13-14,19H2,1H3;1H. The van der Waals surface area contributed by atoms with Crippen molar-refractivity contribution in [1.82, 2.24) is 0 Å². The summed E-state index contributed by atoms with van der Waals surface area (Å²) in [7, 11) is 0. The molecule has 0 spiro atoms. The number of fused-ring (bicyclic) bond motifs is 1. The molecule has 0 aromatic heterocycles. The Morgan fingerprint density at radius 3 is 2.68 bits per heavy atom. The summed E-state index contributed by atoms with van der Waals surface area (Å²) in [6, 6.07) is 6.30. The number of hydrogen-bond donors (Lipinski definition) is 2. The molecule has 1 aromatic rings. The van der Waals surface area contributed by atoms with E-state index in [9.17, 15) is 5.11 Å². The Hall–Kier alpha value is -0.770. The summed E-state index contributed by atoms with van der Waals surface area (Å²) < 4.78 is 5.85. The first-order valence-corrected chi connectivity index (χ1v) is 8.31. The predicted octanol–water partition coefficient (Wildman–Crippen LogP) is 3.64. The Kier molecular flexibility index (Phi) is 8.23. The second kappa shape index (κ2) is 9.39. The lowest BCUT2D eigenvalue weighted by molar-refractivity contribution is 0.181. The molecule has 0 amide bonds. The number of hydrogen-bond acceptors (Lipinski definition) is 3. The van der Waals surface area contributed by atoms with E-state index in [2.05, 4.69) is 19.1 Å². The van der Waals surface area contributed by atoms with Crippen LogP contribution in [0.5, 0.6) is 5.75 Å². The molecule has 0 bridgehead atoms. The van der Waals surface area contributed by atoms with Gasteiger partial charge in [-0.25, -0.2) is 0 Å². The van der Waals surface area contributed by atoms with Gasteiger partial charge in [0.05, 0.1) is 13.2 Å². The summed E-state index contributed by atoms with van der Waals surface area (Å²) in [5, 5.41) is 9.39. The van der Waals surface area contributed by atoms with Gasteiger partial charge in [0, 0.05) is 5.54 Å². The van der Waals surface area contributed by atoms with Gasteiger partial charge in [-0.2, -0.15) is 0 Å². The fourth-order valence-electron chi connectivity index (χ4n) is 2.98. The molecule has 3 N–H and O–H groups in total. The summed E-state index contributed by atoms with van der Waals surface area (Å²) >= 11 is 0. The molecule has 126 valence electrons. The van der Waals surface area contributed by atoms with E-state index in [1.807, 2.05) is 6.07 Å². The Morgan fingerprint density at radius 1 is 1.18 bits per heavy atom. The first-order valence-electron chi connectivity index (χ1n) is 8.31. The maximum atomic E-state index is 9.39. The molecule has 22 heavy (non-hydrogen) atoms. The van der Waals surface area contributed by atoms with Gasteiger partial charge in [0.15, 0.2) is 0 Å². The number of aliphatic hydroxyl groups excluding tert-OH is 1. The van der Waals surface area contributed by atoms with Crippen molar-refractivity contribution in [3.05, 3.63) is 29.3 Å². The van der Waals surface area contributed by atoms with Crippen molar-refractivity contribution in [2.75, 3.05) is 13.2 Å². The first kappa shape index (κ1) is 19.3. The van der Waals surface area contributed by atoms with Crippen LogP contribution in [0.25, 0.3) is 0 Å². The lowest BCUT2D eigenvalue weighted by Gasteiger charge is -2.33. The van der Waals surface area contributed by atoms with Crippen LogP contribution in [-0.2, 0) is 12.8 Å². The number of aryl methyl sites for hydroxylation is 1. The molecule has 4 heteroatoms. The molecule has 0 radical (unpaired) electrons. The fourth-order valence-corrected chi connectivity index (χ4v) is 2.98. The Balaban J connectivity index is 0.00000242. The minimum Gasteiger partial charge on any atom is -0.494 e. The highest BCUT2D eigenvalue weighted by Crippen LogP contribution is 2.29. The number of benzene rings is 1. The molecule has 1 aliphatic rings. The maximum Gasteiger partial charge on any atom is 0.119 e. The largest absolute Gasteiger partial charge is 0.494 e. The van der Waals surface area contributed by atoms with Crippen LogP contribution in [-0.4, -0.2) is 23.9 Å². The molecule has 0 saturated heterocycles. The molecule has 0 fully saturated rings. The third-order valence-corrected chi connectivity index (χ3v) is 4.44. The van der Waals surface area contributed by atoms with Crippen molar-refractivity contribution < 1.29 is 9.84 Å². The van der Waals surface area contributed by atoms with Gasteiger partial charge in [-0.05, 0) is 48.9 Å². The van der Waals surface area contributed by atoms with Crippen molar-refractivity contribution in [2.45, 2.75) is 63.8 Å². The third-order valence-electron chi connectivity index (χ3n) is 4.44. The van der Waals surface area contributed by atoms with E-state index in [1.54, 1.807) is 0 Å². The summed E-state index contributed by atoms with van der Waals surface area (Å²) in [5.41, 5.74) is 8.32. The van der Waals surface area contributed by atoms with Gasteiger partial charge < -0.3 is 15.6 Å². The van der Waals surface area contributed by atoms with Crippen LogP contribution in [0.1, 0.15) is 56.6 Å². The zero-order chi connectivity index (χ0) is 15.1. The van der Waals surface area contributed by atoms with E-state index >= 15 is 0 Å². The number of ether oxygens (including phenoxy) is 1.